The molecule has 2 nitrogen and oxygen atoms in total. The van der Waals surface area contributed by atoms with Gasteiger partial charge >= 0.3 is 0 Å². The van der Waals surface area contributed by atoms with E-state index in [2.05, 4.69) is 60.6 Å². The number of alkyl halides is 1. The molecule has 0 aliphatic heterocycles. The van der Waals surface area contributed by atoms with Crippen LogP contribution in [0.5, 0.6) is 5.75 Å². The Morgan fingerprint density at radius 2 is 1.81 bits per heavy atom. The van der Waals surface area contributed by atoms with Gasteiger partial charge in [-0.25, -0.2) is 0 Å². The summed E-state index contributed by atoms with van der Waals surface area (Å²) in [6, 6.07) is 8.00. The van der Waals surface area contributed by atoms with E-state index in [1.165, 1.54) is 0 Å². The van der Waals surface area contributed by atoms with Gasteiger partial charge in [0.05, 0.1) is 13.7 Å². The number of ether oxygens (including phenoxy) is 2. The van der Waals surface area contributed by atoms with Crippen molar-refractivity contribution in [1.82, 2.24) is 0 Å². The molecule has 0 N–H and O–H groups in total. The second-order valence-corrected chi connectivity index (χ2v) is 11.9. The topological polar surface area (TPSA) is 18.5 Å². The summed E-state index contributed by atoms with van der Waals surface area (Å²) >= 11 is 2.40. The fourth-order valence-corrected chi connectivity index (χ4v) is 2.66. The predicted molar refractivity (Wildman–Crippen MR) is 101 cm³/mol. The van der Waals surface area contributed by atoms with Gasteiger partial charge in [-0.05, 0) is 17.7 Å². The summed E-state index contributed by atoms with van der Waals surface area (Å²) in [6.07, 6.45) is 0.00993. The molecule has 0 radical (unpaired) electrons. The Hall–Kier alpha value is -0.513. The van der Waals surface area contributed by atoms with Crippen LogP contribution in [0.1, 0.15) is 12.5 Å². The third kappa shape index (κ3) is 7.34. The molecule has 0 fully saturated rings. The van der Waals surface area contributed by atoms with E-state index in [0.29, 0.717) is 12.5 Å². The molecule has 21 heavy (non-hydrogen) atoms. The third-order valence-corrected chi connectivity index (χ3v) is 5.22. The van der Waals surface area contributed by atoms with Gasteiger partial charge in [0.2, 0.25) is 0 Å². The first-order valence-corrected chi connectivity index (χ1v) is 12.2. The monoisotopic (exact) mass is 416 g/mol. The van der Waals surface area contributed by atoms with Crippen LogP contribution in [0.4, 0.5) is 0 Å². The Morgan fingerprint density at radius 1 is 1.19 bits per heavy atom. The lowest BCUT2D eigenvalue weighted by molar-refractivity contribution is 0.0513. The summed E-state index contributed by atoms with van der Waals surface area (Å²) < 4.78 is 12.3. The molecule has 0 spiro atoms. The van der Waals surface area contributed by atoms with E-state index in [9.17, 15) is 0 Å². The van der Waals surface area contributed by atoms with Crippen molar-refractivity contribution in [3.8, 4) is 17.2 Å². The highest BCUT2D eigenvalue weighted by molar-refractivity contribution is 14.1. The van der Waals surface area contributed by atoms with Crippen LogP contribution >= 0.6 is 22.6 Å². The average molecular weight is 416 g/mol. The molecule has 0 heterocycles. The molecule has 1 aromatic carbocycles. The normalized spacial score (nSPS) is 14.0. The van der Waals surface area contributed by atoms with Crippen molar-refractivity contribution in [3.63, 3.8) is 0 Å². The van der Waals surface area contributed by atoms with E-state index in [-0.39, 0.29) is 6.10 Å². The molecule has 0 aliphatic carbocycles. The fourth-order valence-electron chi connectivity index (χ4n) is 1.62. The summed E-state index contributed by atoms with van der Waals surface area (Å²) in [7, 11) is 0.317. The Kier molecular flexibility index (Phi) is 7.78. The lowest BCUT2D eigenvalue weighted by atomic mass is 10.1. The third-order valence-electron chi connectivity index (χ3n) is 2.94. The zero-order valence-corrected chi connectivity index (χ0v) is 16.7. The number of methoxy groups -OCH3 is 1. The molecule has 1 aromatic rings. The first-order chi connectivity index (χ1) is 9.85. The second-order valence-electron chi connectivity index (χ2n) is 6.23. The zero-order valence-electron chi connectivity index (χ0n) is 13.6. The van der Waals surface area contributed by atoms with Gasteiger partial charge in [0.25, 0.3) is 0 Å². The first-order valence-electron chi connectivity index (χ1n) is 7.19. The number of halogens is 1. The SMILES string of the molecule is COc1ccc(COC(C#C[Si](C)(C)C)C(C)CI)cc1. The standard InChI is InChI=1S/C17H25IO2Si/c1-14(12-18)17(10-11-21(3,4)5)20-13-15-6-8-16(19-2)9-7-15/h6-9,14,17H,12-13H2,1-5H3. The van der Waals surface area contributed by atoms with Gasteiger partial charge in [-0.1, -0.05) is 67.2 Å². The summed E-state index contributed by atoms with van der Waals surface area (Å²) in [6.45, 7) is 9.57. The minimum absolute atomic E-state index is 0.00993. The zero-order chi connectivity index (χ0) is 15.9. The van der Waals surface area contributed by atoms with E-state index in [1.54, 1.807) is 7.11 Å². The highest BCUT2D eigenvalue weighted by Gasteiger charge is 2.16. The summed E-state index contributed by atoms with van der Waals surface area (Å²) in [5.41, 5.74) is 4.58. The van der Waals surface area contributed by atoms with Gasteiger partial charge in [0, 0.05) is 10.3 Å². The van der Waals surface area contributed by atoms with Crippen molar-refractivity contribution >= 4 is 30.7 Å². The van der Waals surface area contributed by atoms with Gasteiger partial charge in [-0.3, -0.25) is 0 Å². The lowest BCUT2D eigenvalue weighted by Gasteiger charge is -2.19. The van der Waals surface area contributed by atoms with Gasteiger partial charge < -0.3 is 9.47 Å². The highest BCUT2D eigenvalue weighted by Crippen LogP contribution is 2.16. The van der Waals surface area contributed by atoms with Crippen molar-refractivity contribution in [2.24, 2.45) is 5.92 Å². The maximum atomic E-state index is 6.05. The molecule has 0 bridgehead atoms. The molecule has 1 rings (SSSR count). The van der Waals surface area contributed by atoms with Gasteiger partial charge in [0.1, 0.15) is 19.9 Å². The lowest BCUT2D eigenvalue weighted by Crippen LogP contribution is -2.24. The van der Waals surface area contributed by atoms with Crippen LogP contribution in [0, 0.1) is 17.4 Å². The largest absolute Gasteiger partial charge is 0.497 e. The molecule has 0 aromatic heterocycles. The Labute approximate surface area is 143 Å². The van der Waals surface area contributed by atoms with Gasteiger partial charge in [-0.2, -0.15) is 0 Å². The summed E-state index contributed by atoms with van der Waals surface area (Å²) in [5.74, 6) is 4.67. The van der Waals surface area contributed by atoms with E-state index in [4.69, 9.17) is 9.47 Å². The van der Waals surface area contributed by atoms with Crippen molar-refractivity contribution < 1.29 is 9.47 Å². The van der Waals surface area contributed by atoms with Crippen LogP contribution in [-0.4, -0.2) is 25.7 Å². The average Bonchev–Trinajstić information content (AvgIpc) is 2.46. The molecule has 0 aliphatic rings. The van der Waals surface area contributed by atoms with E-state index in [1.807, 2.05) is 24.3 Å². The van der Waals surface area contributed by atoms with Crippen molar-refractivity contribution in [1.29, 1.82) is 0 Å². The Bertz CT molecular complexity index is 482. The van der Waals surface area contributed by atoms with Crippen LogP contribution in [0.15, 0.2) is 24.3 Å². The minimum atomic E-state index is -1.36. The fraction of sp³-hybridized carbons (Fsp3) is 0.529. The van der Waals surface area contributed by atoms with Crippen LogP contribution < -0.4 is 4.74 Å². The molecular formula is C17H25IO2Si. The molecular weight excluding hydrogens is 391 g/mol. The molecule has 2 atom stereocenters. The first kappa shape index (κ1) is 18.5. The molecule has 0 amide bonds. The smallest absolute Gasteiger partial charge is 0.129 e. The maximum absolute atomic E-state index is 6.05. The summed E-state index contributed by atoms with van der Waals surface area (Å²) in [4.78, 5) is 0. The summed E-state index contributed by atoms with van der Waals surface area (Å²) in [5, 5.41) is 0. The van der Waals surface area contributed by atoms with E-state index >= 15 is 0 Å². The molecule has 2 unspecified atom stereocenters. The molecule has 4 heteroatoms. The van der Waals surface area contributed by atoms with Gasteiger partial charge in [0.15, 0.2) is 0 Å². The van der Waals surface area contributed by atoms with Crippen LogP contribution in [0.2, 0.25) is 19.6 Å². The number of benzene rings is 1. The van der Waals surface area contributed by atoms with Crippen LogP contribution in [-0.2, 0) is 11.3 Å². The quantitative estimate of drug-likeness (QED) is 0.294. The van der Waals surface area contributed by atoms with E-state index < -0.39 is 8.07 Å². The Morgan fingerprint density at radius 3 is 2.29 bits per heavy atom. The molecule has 116 valence electrons. The van der Waals surface area contributed by atoms with E-state index in [0.717, 1.165) is 15.7 Å². The number of hydrogen-bond acceptors (Lipinski definition) is 2. The molecule has 0 saturated heterocycles. The predicted octanol–water partition coefficient (Wildman–Crippen LogP) is 4.53. The van der Waals surface area contributed by atoms with Crippen molar-refractivity contribution in [3.05, 3.63) is 29.8 Å². The maximum Gasteiger partial charge on any atom is 0.129 e. The van der Waals surface area contributed by atoms with Gasteiger partial charge in [-0.15, -0.1) is 5.54 Å². The Balaban J connectivity index is 2.69. The van der Waals surface area contributed by atoms with Crippen LogP contribution in [0.3, 0.4) is 0 Å². The second kappa shape index (κ2) is 8.81. The molecule has 0 saturated carbocycles. The van der Waals surface area contributed by atoms with Crippen molar-refractivity contribution in [2.45, 2.75) is 39.3 Å². The van der Waals surface area contributed by atoms with Crippen LogP contribution in [0.25, 0.3) is 0 Å². The number of hydrogen-bond donors (Lipinski definition) is 0. The van der Waals surface area contributed by atoms with Crippen molar-refractivity contribution in [2.75, 3.05) is 11.5 Å². The number of rotatable bonds is 6. The minimum Gasteiger partial charge on any atom is -0.497 e. The highest BCUT2D eigenvalue weighted by atomic mass is 127.